The standard InChI is InChI=1S/C18H13NS.C13H10S.C6H5Cl/c1-2-8-14(9-3-1)19-15-10-4-6-12-17(15)20-18-13-7-5-11-16(18)19;1-3-7-12-10(5-1)9-11-6-2-4-8-13(11)14-12;7-6-4-2-1-3-5-6/h1-13H;1-8H,9H2;1-5H. The summed E-state index contributed by atoms with van der Waals surface area (Å²) in [6, 6.07) is 54.4. The number of rotatable bonds is 1. The van der Waals surface area contributed by atoms with E-state index < -0.39 is 0 Å². The highest BCUT2D eigenvalue weighted by Crippen LogP contribution is 2.50. The van der Waals surface area contributed by atoms with Crippen molar-refractivity contribution in [3.8, 4) is 0 Å². The third-order valence-corrected chi connectivity index (χ3v) is 9.34. The third-order valence-electron chi connectivity index (χ3n) is 6.73. The van der Waals surface area contributed by atoms with E-state index in [0.717, 1.165) is 11.4 Å². The van der Waals surface area contributed by atoms with E-state index >= 15 is 0 Å². The second kappa shape index (κ2) is 13.2. The number of anilines is 3. The first kappa shape index (κ1) is 27.3. The van der Waals surface area contributed by atoms with E-state index in [1.807, 2.05) is 53.9 Å². The third kappa shape index (κ3) is 6.55. The van der Waals surface area contributed by atoms with Crippen molar-refractivity contribution >= 4 is 52.2 Å². The Labute approximate surface area is 255 Å². The molecule has 0 amide bonds. The summed E-state index contributed by atoms with van der Waals surface area (Å²) in [7, 11) is 0. The van der Waals surface area contributed by atoms with Gasteiger partial charge in [-0.25, -0.2) is 0 Å². The Kier molecular flexibility index (Phi) is 8.77. The number of benzene rings is 6. The lowest BCUT2D eigenvalue weighted by Crippen LogP contribution is -2.14. The molecule has 0 aliphatic carbocycles. The molecular weight excluding hydrogens is 558 g/mol. The van der Waals surface area contributed by atoms with Gasteiger partial charge in [-0.05, 0) is 78.2 Å². The van der Waals surface area contributed by atoms with Gasteiger partial charge in [0.2, 0.25) is 0 Å². The van der Waals surface area contributed by atoms with Crippen molar-refractivity contribution in [3.63, 3.8) is 0 Å². The van der Waals surface area contributed by atoms with Crippen molar-refractivity contribution in [3.05, 3.63) is 174 Å². The summed E-state index contributed by atoms with van der Waals surface area (Å²) in [6.07, 6.45) is 1.08. The highest BCUT2D eigenvalue weighted by Gasteiger charge is 2.23. The van der Waals surface area contributed by atoms with Gasteiger partial charge in [-0.3, -0.25) is 0 Å². The van der Waals surface area contributed by atoms with Crippen molar-refractivity contribution < 1.29 is 0 Å². The molecule has 0 radical (unpaired) electrons. The van der Waals surface area contributed by atoms with Crippen LogP contribution < -0.4 is 4.90 Å². The second-order valence-corrected chi connectivity index (χ2v) is 12.1. The normalized spacial score (nSPS) is 12.2. The van der Waals surface area contributed by atoms with E-state index in [0.29, 0.717) is 0 Å². The van der Waals surface area contributed by atoms with Crippen LogP contribution in [0, 0.1) is 0 Å². The molecule has 0 atom stereocenters. The molecule has 0 saturated heterocycles. The van der Waals surface area contributed by atoms with Crippen LogP contribution in [0.2, 0.25) is 5.02 Å². The first-order valence-electron chi connectivity index (χ1n) is 13.5. The summed E-state index contributed by atoms with van der Waals surface area (Å²) in [5, 5.41) is 0.794. The van der Waals surface area contributed by atoms with Crippen LogP contribution in [-0.4, -0.2) is 0 Å². The van der Waals surface area contributed by atoms with Crippen molar-refractivity contribution in [2.24, 2.45) is 0 Å². The topological polar surface area (TPSA) is 3.24 Å². The van der Waals surface area contributed by atoms with E-state index in [9.17, 15) is 0 Å². The van der Waals surface area contributed by atoms with Gasteiger partial charge < -0.3 is 4.90 Å². The smallest absolute Gasteiger partial charge is 0.0601 e. The Bertz CT molecular complexity index is 1600. The van der Waals surface area contributed by atoms with Gasteiger partial charge in [-0.15, -0.1) is 0 Å². The Balaban J connectivity index is 0.000000124. The van der Waals surface area contributed by atoms with E-state index in [1.54, 1.807) is 0 Å². The average molecular weight is 586 g/mol. The highest BCUT2D eigenvalue weighted by molar-refractivity contribution is 8.00. The Morgan fingerprint density at radius 3 is 1.29 bits per heavy atom. The monoisotopic (exact) mass is 585 g/mol. The molecule has 0 bridgehead atoms. The lowest BCUT2D eigenvalue weighted by molar-refractivity contribution is 1.06. The van der Waals surface area contributed by atoms with E-state index in [4.69, 9.17) is 11.6 Å². The van der Waals surface area contributed by atoms with E-state index in [1.165, 1.54) is 47.8 Å². The summed E-state index contributed by atoms with van der Waals surface area (Å²) < 4.78 is 0. The lowest BCUT2D eigenvalue weighted by atomic mass is 10.0. The van der Waals surface area contributed by atoms with Crippen molar-refractivity contribution in [1.29, 1.82) is 0 Å². The molecule has 8 rings (SSSR count). The fraction of sp³-hybridized carbons (Fsp3) is 0.0270. The molecule has 0 fully saturated rings. The van der Waals surface area contributed by atoms with Gasteiger partial charge in [-0.2, -0.15) is 0 Å². The van der Waals surface area contributed by atoms with Gasteiger partial charge in [0.05, 0.1) is 11.4 Å². The SMILES string of the molecule is Clc1ccccc1.c1ccc(N2c3ccccc3Sc3ccccc32)cc1.c1ccc2c(c1)Cc1ccccc1S2. The second-order valence-electron chi connectivity index (χ2n) is 9.50. The number of halogens is 1. The molecular formula is C37H28ClNS2. The molecule has 6 aromatic rings. The first-order valence-corrected chi connectivity index (χ1v) is 15.5. The molecule has 0 spiro atoms. The highest BCUT2D eigenvalue weighted by atomic mass is 35.5. The van der Waals surface area contributed by atoms with Gasteiger partial charge in [0, 0.05) is 30.3 Å². The summed E-state index contributed by atoms with van der Waals surface area (Å²) in [5.74, 6) is 0. The fourth-order valence-corrected chi connectivity index (χ4v) is 7.07. The summed E-state index contributed by atoms with van der Waals surface area (Å²) >= 11 is 9.26. The van der Waals surface area contributed by atoms with Gasteiger partial charge in [0.1, 0.15) is 0 Å². The van der Waals surface area contributed by atoms with Gasteiger partial charge in [0.25, 0.3) is 0 Å². The van der Waals surface area contributed by atoms with E-state index in [2.05, 4.69) is 132 Å². The molecule has 200 valence electrons. The first-order chi connectivity index (χ1) is 20.3. The summed E-state index contributed by atoms with van der Waals surface area (Å²) in [5.41, 5.74) is 6.62. The Morgan fingerprint density at radius 2 is 0.805 bits per heavy atom. The zero-order valence-corrected chi connectivity index (χ0v) is 24.7. The van der Waals surface area contributed by atoms with Crippen LogP contribution in [0.5, 0.6) is 0 Å². The molecule has 41 heavy (non-hydrogen) atoms. The van der Waals surface area contributed by atoms with Crippen molar-refractivity contribution in [2.75, 3.05) is 4.90 Å². The zero-order chi connectivity index (χ0) is 27.9. The van der Waals surface area contributed by atoms with Crippen LogP contribution >= 0.6 is 35.1 Å². The van der Waals surface area contributed by atoms with Gasteiger partial charge in [0.15, 0.2) is 0 Å². The maximum Gasteiger partial charge on any atom is 0.0601 e. The van der Waals surface area contributed by atoms with Crippen LogP contribution in [0.25, 0.3) is 0 Å². The van der Waals surface area contributed by atoms with Crippen molar-refractivity contribution in [2.45, 2.75) is 26.0 Å². The molecule has 1 nitrogen and oxygen atoms in total. The quantitative estimate of drug-likeness (QED) is 0.188. The minimum Gasteiger partial charge on any atom is -0.308 e. The van der Waals surface area contributed by atoms with Gasteiger partial charge >= 0.3 is 0 Å². The summed E-state index contributed by atoms with van der Waals surface area (Å²) in [6.45, 7) is 0. The molecule has 4 heteroatoms. The summed E-state index contributed by atoms with van der Waals surface area (Å²) in [4.78, 5) is 7.75. The molecule has 2 heterocycles. The van der Waals surface area contributed by atoms with Crippen LogP contribution in [0.4, 0.5) is 17.1 Å². The average Bonchev–Trinajstić information content (AvgIpc) is 3.04. The predicted octanol–water partition coefficient (Wildman–Crippen LogP) is 11.7. The number of hydrogen-bond acceptors (Lipinski definition) is 3. The molecule has 0 unspecified atom stereocenters. The van der Waals surface area contributed by atoms with Crippen LogP contribution in [0.1, 0.15) is 11.1 Å². The molecule has 6 aromatic carbocycles. The van der Waals surface area contributed by atoms with Crippen molar-refractivity contribution in [1.82, 2.24) is 0 Å². The largest absolute Gasteiger partial charge is 0.308 e. The molecule has 2 aliphatic heterocycles. The fourth-order valence-electron chi connectivity index (χ4n) is 4.80. The number of nitrogens with zero attached hydrogens (tertiary/aromatic N) is 1. The van der Waals surface area contributed by atoms with Crippen LogP contribution in [0.3, 0.4) is 0 Å². The van der Waals surface area contributed by atoms with Gasteiger partial charge in [-0.1, -0.05) is 132 Å². The number of para-hydroxylation sites is 3. The van der Waals surface area contributed by atoms with Crippen LogP contribution in [-0.2, 0) is 6.42 Å². The molecule has 0 N–H and O–H groups in total. The minimum atomic E-state index is 0.794. The van der Waals surface area contributed by atoms with E-state index in [-0.39, 0.29) is 0 Å². The zero-order valence-electron chi connectivity index (χ0n) is 22.4. The molecule has 0 aromatic heterocycles. The Morgan fingerprint density at radius 1 is 0.415 bits per heavy atom. The Hall–Kier alpha value is -3.89. The molecule has 0 saturated carbocycles. The maximum atomic E-state index is 5.54. The number of fused-ring (bicyclic) bond motifs is 4. The molecule has 2 aliphatic rings. The lowest BCUT2D eigenvalue weighted by Gasteiger charge is -2.32. The predicted molar refractivity (Wildman–Crippen MR) is 177 cm³/mol. The maximum absolute atomic E-state index is 5.54. The van der Waals surface area contributed by atoms with Crippen LogP contribution in [0.15, 0.2) is 177 Å². The number of hydrogen-bond donors (Lipinski definition) is 0. The minimum absolute atomic E-state index is 0.794.